The van der Waals surface area contributed by atoms with E-state index in [-0.39, 0.29) is 11.8 Å². The molecule has 0 aliphatic heterocycles. The van der Waals surface area contributed by atoms with E-state index in [1.807, 2.05) is 6.92 Å². The van der Waals surface area contributed by atoms with Gasteiger partial charge in [0.2, 0.25) is 5.91 Å². The molecule has 0 saturated heterocycles. The number of carbonyl (C=O) groups is 1. The molecule has 0 aliphatic carbocycles. The first-order chi connectivity index (χ1) is 8.43. The second-order valence-electron chi connectivity index (χ2n) is 4.77. The highest BCUT2D eigenvalue weighted by Crippen LogP contribution is 2.07. The van der Waals surface area contributed by atoms with Crippen LogP contribution in [0.1, 0.15) is 40.0 Å². The largest absolute Gasteiger partial charge is 0.393 e. The van der Waals surface area contributed by atoms with Crippen LogP contribution in [0.15, 0.2) is 0 Å². The zero-order valence-corrected chi connectivity index (χ0v) is 12.8. The fraction of sp³-hybridized carbons (Fsp3) is 0.846. The quantitative estimate of drug-likeness (QED) is 0.626. The summed E-state index contributed by atoms with van der Waals surface area (Å²) < 4.78 is 0. The van der Waals surface area contributed by atoms with Gasteiger partial charge in [-0.3, -0.25) is 4.79 Å². The Labute approximate surface area is 116 Å². The highest BCUT2D eigenvalue weighted by Gasteiger charge is 2.19. The predicted octanol–water partition coefficient (Wildman–Crippen LogP) is 1.54. The van der Waals surface area contributed by atoms with Crippen LogP contribution < -0.4 is 11.1 Å². The molecule has 0 fully saturated rings. The molecule has 1 amide bonds. The molecule has 3 N–H and O–H groups in total. The number of likely N-dealkylation sites (N-methyl/N-ethyl adjacent to an activating group) is 1. The van der Waals surface area contributed by atoms with E-state index in [9.17, 15) is 4.79 Å². The number of thiocarbonyl (C=S) groups is 1. The number of amides is 1. The van der Waals surface area contributed by atoms with Crippen LogP contribution in [0.25, 0.3) is 0 Å². The average molecular weight is 273 g/mol. The van der Waals surface area contributed by atoms with Crippen molar-refractivity contribution in [1.29, 1.82) is 0 Å². The van der Waals surface area contributed by atoms with Gasteiger partial charge in [0.1, 0.15) is 0 Å². The standard InChI is InChI=1S/C13H27N3OS/c1-5-7-11(12(14)18)13(17)15-8-9-16(4)10(3)6-2/h10-11H,5-9H2,1-4H3,(H2,14,18)(H,15,17). The van der Waals surface area contributed by atoms with Gasteiger partial charge in [-0.05, 0) is 26.8 Å². The first-order valence-electron chi connectivity index (χ1n) is 6.71. The monoisotopic (exact) mass is 273 g/mol. The topological polar surface area (TPSA) is 58.4 Å². The van der Waals surface area contributed by atoms with Crippen LogP contribution in [0.4, 0.5) is 0 Å². The van der Waals surface area contributed by atoms with E-state index < -0.39 is 0 Å². The summed E-state index contributed by atoms with van der Waals surface area (Å²) >= 11 is 4.93. The van der Waals surface area contributed by atoms with Crippen LogP contribution in [0, 0.1) is 5.92 Å². The summed E-state index contributed by atoms with van der Waals surface area (Å²) in [6.45, 7) is 7.84. The van der Waals surface area contributed by atoms with Crippen LogP contribution in [0.2, 0.25) is 0 Å². The zero-order chi connectivity index (χ0) is 14.1. The van der Waals surface area contributed by atoms with Gasteiger partial charge < -0.3 is 16.0 Å². The maximum Gasteiger partial charge on any atom is 0.229 e. The number of nitrogens with one attached hydrogen (secondary N) is 1. The average Bonchev–Trinajstić information content (AvgIpc) is 2.33. The van der Waals surface area contributed by atoms with Crippen LogP contribution >= 0.6 is 12.2 Å². The maximum atomic E-state index is 11.9. The molecule has 5 heteroatoms. The van der Waals surface area contributed by atoms with Gasteiger partial charge in [-0.1, -0.05) is 32.5 Å². The fourth-order valence-electron chi connectivity index (χ4n) is 1.70. The third-order valence-corrected chi connectivity index (χ3v) is 3.63. The number of hydrogen-bond acceptors (Lipinski definition) is 3. The Hall–Kier alpha value is -0.680. The number of hydrogen-bond donors (Lipinski definition) is 2. The summed E-state index contributed by atoms with van der Waals surface area (Å²) in [6, 6.07) is 0.531. The Morgan fingerprint density at radius 1 is 1.44 bits per heavy atom. The SMILES string of the molecule is CCCC(C(=O)NCCN(C)C(C)CC)C(N)=S. The van der Waals surface area contributed by atoms with Gasteiger partial charge in [-0.2, -0.15) is 0 Å². The summed E-state index contributed by atoms with van der Waals surface area (Å²) in [4.78, 5) is 14.4. The van der Waals surface area contributed by atoms with Crippen molar-refractivity contribution in [2.24, 2.45) is 11.7 Å². The lowest BCUT2D eigenvalue weighted by Crippen LogP contribution is -2.42. The lowest BCUT2D eigenvalue weighted by molar-refractivity contribution is -0.123. The van der Waals surface area contributed by atoms with Crippen molar-refractivity contribution in [2.45, 2.75) is 46.1 Å². The molecule has 2 unspecified atom stereocenters. The van der Waals surface area contributed by atoms with Crippen LogP contribution in [-0.2, 0) is 4.79 Å². The summed E-state index contributed by atoms with van der Waals surface area (Å²) in [6.07, 6.45) is 2.74. The van der Waals surface area contributed by atoms with Crippen LogP contribution in [-0.4, -0.2) is 42.0 Å². The Bertz CT molecular complexity index is 271. The van der Waals surface area contributed by atoms with Crippen LogP contribution in [0.3, 0.4) is 0 Å². The molecule has 4 nitrogen and oxygen atoms in total. The molecule has 0 rings (SSSR count). The summed E-state index contributed by atoms with van der Waals surface area (Å²) in [5.41, 5.74) is 5.59. The Morgan fingerprint density at radius 3 is 2.50 bits per heavy atom. The third-order valence-electron chi connectivity index (χ3n) is 3.34. The van der Waals surface area contributed by atoms with Crippen molar-refractivity contribution < 1.29 is 4.79 Å². The number of rotatable bonds is 9. The minimum absolute atomic E-state index is 0.0399. The van der Waals surface area contributed by atoms with Crippen molar-refractivity contribution in [2.75, 3.05) is 20.1 Å². The molecule has 106 valence electrons. The molecule has 0 heterocycles. The smallest absolute Gasteiger partial charge is 0.229 e. The second-order valence-corrected chi connectivity index (χ2v) is 5.24. The maximum absolute atomic E-state index is 11.9. The van der Waals surface area contributed by atoms with E-state index in [1.165, 1.54) is 0 Å². The van der Waals surface area contributed by atoms with Gasteiger partial charge in [0.15, 0.2) is 0 Å². The lowest BCUT2D eigenvalue weighted by Gasteiger charge is -2.24. The number of nitrogens with two attached hydrogens (primary N) is 1. The minimum Gasteiger partial charge on any atom is -0.393 e. The third kappa shape index (κ3) is 6.31. The van der Waals surface area contributed by atoms with Crippen molar-refractivity contribution >= 4 is 23.1 Å². The highest BCUT2D eigenvalue weighted by molar-refractivity contribution is 7.80. The van der Waals surface area contributed by atoms with Gasteiger partial charge in [0.25, 0.3) is 0 Å². The molecule has 18 heavy (non-hydrogen) atoms. The van der Waals surface area contributed by atoms with Gasteiger partial charge in [-0.25, -0.2) is 0 Å². The van der Waals surface area contributed by atoms with E-state index in [0.29, 0.717) is 17.6 Å². The Balaban J connectivity index is 4.05. The summed E-state index contributed by atoms with van der Waals surface area (Å²) in [5, 5.41) is 2.91. The van der Waals surface area contributed by atoms with Crippen molar-refractivity contribution in [1.82, 2.24) is 10.2 Å². The van der Waals surface area contributed by atoms with E-state index in [2.05, 4.69) is 31.1 Å². The molecule has 0 aliphatic rings. The minimum atomic E-state index is -0.320. The second kappa shape index (κ2) is 9.28. The highest BCUT2D eigenvalue weighted by atomic mass is 32.1. The molecule has 0 aromatic rings. The number of carbonyl (C=O) groups excluding carboxylic acids is 1. The molecule has 0 aromatic carbocycles. The molecule has 0 bridgehead atoms. The Morgan fingerprint density at radius 2 is 2.06 bits per heavy atom. The first-order valence-corrected chi connectivity index (χ1v) is 7.12. The van der Waals surface area contributed by atoms with Gasteiger partial charge in [-0.15, -0.1) is 0 Å². The predicted molar refractivity (Wildman–Crippen MR) is 80.6 cm³/mol. The number of nitrogens with zero attached hydrogens (tertiary/aromatic N) is 1. The van der Waals surface area contributed by atoms with E-state index >= 15 is 0 Å². The molecular weight excluding hydrogens is 246 g/mol. The fourth-order valence-corrected chi connectivity index (χ4v) is 1.93. The summed E-state index contributed by atoms with van der Waals surface area (Å²) in [5.74, 6) is -0.360. The van der Waals surface area contributed by atoms with E-state index in [0.717, 1.165) is 25.8 Å². The molecule has 0 spiro atoms. The van der Waals surface area contributed by atoms with E-state index in [1.54, 1.807) is 0 Å². The molecule has 2 atom stereocenters. The van der Waals surface area contributed by atoms with Crippen molar-refractivity contribution in [3.05, 3.63) is 0 Å². The molecule has 0 saturated carbocycles. The molecule has 0 aromatic heterocycles. The zero-order valence-electron chi connectivity index (χ0n) is 12.0. The normalized spacial score (nSPS) is 14.3. The van der Waals surface area contributed by atoms with Gasteiger partial charge >= 0.3 is 0 Å². The van der Waals surface area contributed by atoms with Gasteiger partial charge in [0.05, 0.1) is 10.9 Å². The first kappa shape index (κ1) is 17.3. The van der Waals surface area contributed by atoms with Crippen LogP contribution in [0.5, 0.6) is 0 Å². The van der Waals surface area contributed by atoms with E-state index in [4.69, 9.17) is 18.0 Å². The Kier molecular flexibility index (Phi) is 8.93. The van der Waals surface area contributed by atoms with Crippen molar-refractivity contribution in [3.8, 4) is 0 Å². The lowest BCUT2D eigenvalue weighted by atomic mass is 10.0. The summed E-state index contributed by atoms with van der Waals surface area (Å²) in [7, 11) is 2.07. The van der Waals surface area contributed by atoms with Gasteiger partial charge in [0, 0.05) is 19.1 Å². The molecular formula is C13H27N3OS. The van der Waals surface area contributed by atoms with Crippen molar-refractivity contribution in [3.63, 3.8) is 0 Å². The molecule has 0 radical (unpaired) electrons.